The van der Waals surface area contributed by atoms with Crippen LogP contribution in [0.2, 0.25) is 0 Å². The van der Waals surface area contributed by atoms with Crippen LogP contribution >= 0.6 is 0 Å². The molecule has 0 saturated heterocycles. The fourth-order valence-electron chi connectivity index (χ4n) is 1.98. The molecule has 1 amide bonds. The highest BCUT2D eigenvalue weighted by molar-refractivity contribution is 5.96. The van der Waals surface area contributed by atoms with Crippen molar-refractivity contribution in [2.75, 3.05) is 7.05 Å². The fraction of sp³-hybridized carbons (Fsp3) is 0.500. The molecule has 0 aliphatic rings. The monoisotopic (exact) mass is 258 g/mol. The average Bonchev–Trinajstić information content (AvgIpc) is 2.36. The minimum atomic E-state index is -0.0782. The Labute approximate surface area is 115 Å². The van der Waals surface area contributed by atoms with Crippen LogP contribution in [0.1, 0.15) is 50.0 Å². The molecule has 19 heavy (non-hydrogen) atoms. The van der Waals surface area contributed by atoms with Gasteiger partial charge in [0.25, 0.3) is 5.91 Å². The van der Waals surface area contributed by atoms with Gasteiger partial charge in [0.2, 0.25) is 0 Å². The summed E-state index contributed by atoms with van der Waals surface area (Å²) < 4.78 is 0. The van der Waals surface area contributed by atoms with Crippen LogP contribution in [-0.2, 0) is 5.41 Å². The second-order valence-electron chi connectivity index (χ2n) is 5.92. The van der Waals surface area contributed by atoms with Crippen LogP contribution in [0.5, 0.6) is 0 Å². The smallest absolute Gasteiger partial charge is 0.254 e. The van der Waals surface area contributed by atoms with Crippen LogP contribution in [-0.4, -0.2) is 23.9 Å². The topological polar surface area (TPSA) is 44.1 Å². The van der Waals surface area contributed by atoms with E-state index in [0.717, 1.165) is 11.1 Å². The van der Waals surface area contributed by atoms with E-state index in [-0.39, 0.29) is 17.4 Å². The molecule has 1 aromatic carbocycles. The number of carbonyl (C=O) groups excluding carboxylic acids is 1. The Morgan fingerprint density at radius 2 is 1.95 bits per heavy atom. The third-order valence-corrected chi connectivity index (χ3v) is 3.33. The summed E-state index contributed by atoms with van der Waals surface area (Å²) in [5, 5.41) is 8.73. The van der Waals surface area contributed by atoms with Crippen molar-refractivity contribution >= 4 is 5.91 Å². The molecule has 0 aliphatic heterocycles. The van der Waals surface area contributed by atoms with E-state index in [2.05, 4.69) is 26.8 Å². The summed E-state index contributed by atoms with van der Waals surface area (Å²) in [5.41, 5.74) is 1.68. The van der Waals surface area contributed by atoms with Crippen LogP contribution in [0.4, 0.5) is 0 Å². The van der Waals surface area contributed by atoms with Crippen LogP contribution in [0.15, 0.2) is 24.3 Å². The van der Waals surface area contributed by atoms with Crippen LogP contribution in [0.25, 0.3) is 0 Å². The molecule has 1 rings (SSSR count). The molecule has 1 atom stereocenters. The maximum atomic E-state index is 12.5. The van der Waals surface area contributed by atoms with Crippen LogP contribution in [0, 0.1) is 11.3 Å². The van der Waals surface area contributed by atoms with Crippen molar-refractivity contribution < 1.29 is 4.79 Å². The molecule has 3 nitrogen and oxygen atoms in total. The largest absolute Gasteiger partial charge is 0.338 e. The van der Waals surface area contributed by atoms with Gasteiger partial charge in [0, 0.05) is 18.7 Å². The molecule has 0 fully saturated rings. The first-order chi connectivity index (χ1) is 8.79. The number of carbonyl (C=O) groups is 1. The predicted octanol–water partition coefficient (Wildman–Crippen LogP) is 3.36. The normalized spacial score (nSPS) is 12.6. The van der Waals surface area contributed by atoms with Gasteiger partial charge in [-0.1, -0.05) is 39.0 Å². The number of nitrogens with zero attached hydrogens (tertiary/aromatic N) is 2. The molecular weight excluding hydrogens is 236 g/mol. The van der Waals surface area contributed by atoms with E-state index in [9.17, 15) is 4.79 Å². The molecule has 0 heterocycles. The number of nitriles is 1. The highest BCUT2D eigenvalue weighted by Gasteiger charge is 2.24. The van der Waals surface area contributed by atoms with Gasteiger partial charge in [-0.25, -0.2) is 0 Å². The van der Waals surface area contributed by atoms with Crippen molar-refractivity contribution in [3.05, 3.63) is 35.4 Å². The van der Waals surface area contributed by atoms with Crippen molar-refractivity contribution in [1.29, 1.82) is 5.26 Å². The molecule has 0 aromatic heterocycles. The van der Waals surface area contributed by atoms with Crippen LogP contribution in [0.3, 0.4) is 0 Å². The summed E-state index contributed by atoms with van der Waals surface area (Å²) in [6.45, 7) is 8.17. The second kappa shape index (κ2) is 5.88. The molecule has 0 N–H and O–H groups in total. The Hall–Kier alpha value is -1.82. The van der Waals surface area contributed by atoms with Gasteiger partial charge < -0.3 is 4.90 Å². The number of hydrogen-bond donors (Lipinski definition) is 0. The van der Waals surface area contributed by atoms with Gasteiger partial charge in [0.05, 0.1) is 12.5 Å². The summed E-state index contributed by atoms with van der Waals surface area (Å²) >= 11 is 0. The maximum Gasteiger partial charge on any atom is 0.254 e. The maximum absolute atomic E-state index is 12.5. The quantitative estimate of drug-likeness (QED) is 0.834. The molecular formula is C16H22N2O. The molecule has 1 unspecified atom stereocenters. The Bertz CT molecular complexity index is 494. The minimum Gasteiger partial charge on any atom is -0.338 e. The molecule has 102 valence electrons. The Morgan fingerprint density at radius 3 is 2.47 bits per heavy atom. The summed E-state index contributed by atoms with van der Waals surface area (Å²) in [5.74, 6) is -0.0201. The van der Waals surface area contributed by atoms with E-state index in [1.54, 1.807) is 11.9 Å². The summed E-state index contributed by atoms with van der Waals surface area (Å²) in [4.78, 5) is 14.2. The summed E-state index contributed by atoms with van der Waals surface area (Å²) in [6.07, 6.45) is 0.347. The highest BCUT2D eigenvalue weighted by Crippen LogP contribution is 2.26. The lowest BCUT2D eigenvalue weighted by Gasteiger charge is -2.27. The fourth-order valence-corrected chi connectivity index (χ4v) is 1.98. The van der Waals surface area contributed by atoms with Gasteiger partial charge in [-0.05, 0) is 24.0 Å². The van der Waals surface area contributed by atoms with Crippen molar-refractivity contribution in [2.24, 2.45) is 0 Å². The lowest BCUT2D eigenvalue weighted by molar-refractivity contribution is 0.0743. The van der Waals surface area contributed by atoms with E-state index >= 15 is 0 Å². The lowest BCUT2D eigenvalue weighted by Crippen LogP contribution is -2.36. The Balaban J connectivity index is 3.11. The molecule has 0 aliphatic carbocycles. The zero-order chi connectivity index (χ0) is 14.6. The third-order valence-electron chi connectivity index (χ3n) is 3.33. The molecule has 0 radical (unpaired) electrons. The molecule has 0 bridgehead atoms. The molecule has 1 aromatic rings. The van der Waals surface area contributed by atoms with Gasteiger partial charge in [-0.15, -0.1) is 0 Å². The van der Waals surface area contributed by atoms with Gasteiger partial charge in [0.1, 0.15) is 0 Å². The van der Waals surface area contributed by atoms with E-state index in [4.69, 9.17) is 5.26 Å². The number of rotatable bonds is 3. The van der Waals surface area contributed by atoms with Gasteiger partial charge >= 0.3 is 0 Å². The molecule has 0 spiro atoms. The van der Waals surface area contributed by atoms with Crippen LogP contribution < -0.4 is 0 Å². The standard InChI is InChI=1S/C16H22N2O/c1-12(10-11-17)18(5)15(19)13-8-6-7-9-14(13)16(2,3)4/h6-9,12H,10H2,1-5H3. The number of amides is 1. The van der Waals surface area contributed by atoms with Crippen molar-refractivity contribution in [2.45, 2.75) is 45.6 Å². The molecule has 3 heteroatoms. The van der Waals surface area contributed by atoms with E-state index in [1.165, 1.54) is 0 Å². The Morgan fingerprint density at radius 1 is 1.37 bits per heavy atom. The molecule has 0 saturated carbocycles. The van der Waals surface area contributed by atoms with E-state index in [1.807, 2.05) is 31.2 Å². The van der Waals surface area contributed by atoms with Crippen molar-refractivity contribution in [3.63, 3.8) is 0 Å². The number of benzene rings is 1. The van der Waals surface area contributed by atoms with E-state index in [0.29, 0.717) is 6.42 Å². The third kappa shape index (κ3) is 3.57. The highest BCUT2D eigenvalue weighted by atomic mass is 16.2. The Kier molecular flexibility index (Phi) is 4.72. The minimum absolute atomic E-state index is 0.0201. The summed E-state index contributed by atoms with van der Waals surface area (Å²) in [7, 11) is 1.75. The summed E-state index contributed by atoms with van der Waals surface area (Å²) in [6, 6.07) is 9.72. The van der Waals surface area contributed by atoms with E-state index < -0.39 is 0 Å². The predicted molar refractivity (Wildman–Crippen MR) is 76.9 cm³/mol. The van der Waals surface area contributed by atoms with Gasteiger partial charge in [-0.3, -0.25) is 4.79 Å². The van der Waals surface area contributed by atoms with Gasteiger partial charge in [0.15, 0.2) is 0 Å². The number of hydrogen-bond acceptors (Lipinski definition) is 2. The van der Waals surface area contributed by atoms with Gasteiger partial charge in [-0.2, -0.15) is 5.26 Å². The lowest BCUT2D eigenvalue weighted by atomic mass is 9.83. The average molecular weight is 258 g/mol. The zero-order valence-corrected chi connectivity index (χ0v) is 12.4. The van der Waals surface area contributed by atoms with Crippen molar-refractivity contribution in [1.82, 2.24) is 4.90 Å². The first-order valence-corrected chi connectivity index (χ1v) is 6.52. The second-order valence-corrected chi connectivity index (χ2v) is 5.92. The van der Waals surface area contributed by atoms with Crippen molar-refractivity contribution in [3.8, 4) is 6.07 Å². The first-order valence-electron chi connectivity index (χ1n) is 6.52. The SMILES string of the molecule is CC(CC#N)N(C)C(=O)c1ccccc1C(C)(C)C. The first kappa shape index (κ1) is 15.2. The zero-order valence-electron chi connectivity index (χ0n) is 12.4.